The van der Waals surface area contributed by atoms with Crippen molar-refractivity contribution in [2.75, 3.05) is 13.2 Å². The maximum absolute atomic E-state index is 6.27. The van der Waals surface area contributed by atoms with E-state index in [9.17, 15) is 0 Å². The Morgan fingerprint density at radius 2 is 1.45 bits per heavy atom. The van der Waals surface area contributed by atoms with E-state index in [0.29, 0.717) is 13.2 Å². The minimum Gasteiger partial charge on any atom is -0.395 e. The van der Waals surface area contributed by atoms with E-state index in [0.717, 1.165) is 16.8 Å². The molecule has 4 rings (SSSR count). The Morgan fingerprint density at radius 1 is 0.850 bits per heavy atom. The van der Waals surface area contributed by atoms with Crippen molar-refractivity contribution < 1.29 is 9.57 Å². The molecule has 0 aromatic heterocycles. The molecule has 0 aliphatic carbocycles. The fourth-order valence-corrected chi connectivity index (χ4v) is 3.10. The van der Waals surface area contributed by atoms with Crippen LogP contribution in [0.1, 0.15) is 11.1 Å². The molecule has 2 aromatic carbocycles. The van der Waals surface area contributed by atoms with Gasteiger partial charge in [0.05, 0.1) is 12.5 Å². The van der Waals surface area contributed by atoms with Crippen LogP contribution in [0.2, 0.25) is 0 Å². The fraction of sp³-hybridized carbons (Fsp3) is 0.235. The van der Waals surface area contributed by atoms with Crippen molar-refractivity contribution in [3.8, 4) is 0 Å². The lowest BCUT2D eigenvalue weighted by atomic mass is 9.80. The van der Waals surface area contributed by atoms with Gasteiger partial charge in [-0.3, -0.25) is 0 Å². The minimum absolute atomic E-state index is 0.260. The highest BCUT2D eigenvalue weighted by molar-refractivity contribution is 6.00. The van der Waals surface area contributed by atoms with E-state index in [1.54, 1.807) is 0 Å². The molecule has 0 saturated carbocycles. The molecule has 0 bridgehead atoms. The number of rotatable bonds is 2. The van der Waals surface area contributed by atoms with E-state index in [1.807, 2.05) is 36.4 Å². The van der Waals surface area contributed by atoms with Gasteiger partial charge in [0.25, 0.3) is 0 Å². The van der Waals surface area contributed by atoms with E-state index in [-0.39, 0.29) is 5.92 Å². The number of benzene rings is 2. The summed E-state index contributed by atoms with van der Waals surface area (Å²) < 4.78 is 6.27. The highest BCUT2D eigenvalue weighted by Gasteiger charge is 2.52. The van der Waals surface area contributed by atoms with E-state index >= 15 is 0 Å². The monoisotopic (exact) mass is 265 g/mol. The lowest BCUT2D eigenvalue weighted by Gasteiger charge is -2.29. The van der Waals surface area contributed by atoms with Gasteiger partial charge in [0.15, 0.2) is 5.60 Å². The predicted molar refractivity (Wildman–Crippen MR) is 76.5 cm³/mol. The number of nitrogens with zero attached hydrogens (tertiary/aromatic N) is 1. The largest absolute Gasteiger partial charge is 0.395 e. The first-order valence-electron chi connectivity index (χ1n) is 6.86. The predicted octanol–water partition coefficient (Wildman–Crippen LogP) is 2.96. The van der Waals surface area contributed by atoms with Gasteiger partial charge in [-0.15, -0.1) is 0 Å². The number of hydrogen-bond acceptors (Lipinski definition) is 3. The summed E-state index contributed by atoms with van der Waals surface area (Å²) in [6.07, 6.45) is 0. The first-order chi connectivity index (χ1) is 9.91. The van der Waals surface area contributed by atoms with Gasteiger partial charge >= 0.3 is 0 Å². The minimum atomic E-state index is -0.594. The molecule has 0 N–H and O–H groups in total. The van der Waals surface area contributed by atoms with Gasteiger partial charge in [-0.25, -0.2) is 0 Å². The molecule has 2 aliphatic rings. The zero-order valence-corrected chi connectivity index (χ0v) is 11.0. The molecule has 2 heterocycles. The number of fused-ring (bicyclic) bond motifs is 1. The number of oxime groups is 1. The highest BCUT2D eigenvalue weighted by atomic mass is 16.6. The van der Waals surface area contributed by atoms with Crippen LogP contribution in [0.5, 0.6) is 0 Å². The Bertz CT molecular complexity index is 597. The van der Waals surface area contributed by atoms with Gasteiger partial charge in [-0.1, -0.05) is 65.8 Å². The van der Waals surface area contributed by atoms with E-state index in [1.165, 1.54) is 0 Å². The summed E-state index contributed by atoms with van der Waals surface area (Å²) in [5, 5.41) is 4.30. The molecule has 0 radical (unpaired) electrons. The van der Waals surface area contributed by atoms with Crippen LogP contribution in [0.15, 0.2) is 65.8 Å². The Labute approximate surface area is 117 Å². The van der Waals surface area contributed by atoms with Gasteiger partial charge in [0, 0.05) is 0 Å². The summed E-state index contributed by atoms with van der Waals surface area (Å²) >= 11 is 0. The summed E-state index contributed by atoms with van der Waals surface area (Å²) in [7, 11) is 0. The van der Waals surface area contributed by atoms with E-state index in [2.05, 4.69) is 29.4 Å². The molecule has 20 heavy (non-hydrogen) atoms. The van der Waals surface area contributed by atoms with E-state index in [4.69, 9.17) is 9.57 Å². The molecular weight excluding hydrogens is 250 g/mol. The summed E-state index contributed by atoms with van der Waals surface area (Å²) in [6, 6.07) is 20.5. The Balaban J connectivity index is 1.95. The molecule has 1 atom stereocenters. The SMILES string of the molecule is c1ccc(C2(c3ccccc3)OCC3CON=C32)cc1. The van der Waals surface area contributed by atoms with Crippen molar-refractivity contribution in [1.29, 1.82) is 0 Å². The Morgan fingerprint density at radius 3 is 2.05 bits per heavy atom. The van der Waals surface area contributed by atoms with Crippen molar-refractivity contribution in [3.05, 3.63) is 71.8 Å². The average Bonchev–Trinajstić information content (AvgIpc) is 3.11. The van der Waals surface area contributed by atoms with Crippen molar-refractivity contribution in [2.45, 2.75) is 5.60 Å². The third-order valence-electron chi connectivity index (χ3n) is 4.05. The van der Waals surface area contributed by atoms with Gasteiger partial charge in [0.2, 0.25) is 0 Å². The molecule has 1 fully saturated rings. The summed E-state index contributed by atoms with van der Waals surface area (Å²) in [5.74, 6) is 0.260. The molecule has 100 valence electrons. The van der Waals surface area contributed by atoms with Crippen LogP contribution < -0.4 is 0 Å². The first kappa shape index (κ1) is 11.7. The normalized spacial score (nSPS) is 23.0. The van der Waals surface area contributed by atoms with Crippen molar-refractivity contribution >= 4 is 5.71 Å². The number of hydrogen-bond donors (Lipinski definition) is 0. The zero-order valence-electron chi connectivity index (χ0n) is 11.0. The summed E-state index contributed by atoms with van der Waals surface area (Å²) in [4.78, 5) is 5.32. The summed E-state index contributed by atoms with van der Waals surface area (Å²) in [5.41, 5.74) is 2.62. The second kappa shape index (κ2) is 4.46. The second-order valence-corrected chi connectivity index (χ2v) is 5.19. The van der Waals surface area contributed by atoms with Crippen LogP contribution in [0.4, 0.5) is 0 Å². The third-order valence-corrected chi connectivity index (χ3v) is 4.05. The second-order valence-electron chi connectivity index (χ2n) is 5.19. The molecule has 3 heteroatoms. The molecule has 2 aromatic rings. The van der Waals surface area contributed by atoms with Crippen LogP contribution in [-0.4, -0.2) is 18.9 Å². The van der Waals surface area contributed by atoms with Crippen LogP contribution >= 0.6 is 0 Å². The lowest BCUT2D eigenvalue weighted by molar-refractivity contribution is 0.0363. The van der Waals surface area contributed by atoms with Crippen LogP contribution in [0.25, 0.3) is 0 Å². The molecule has 1 saturated heterocycles. The third kappa shape index (κ3) is 1.53. The van der Waals surface area contributed by atoms with Crippen LogP contribution in [0.3, 0.4) is 0 Å². The van der Waals surface area contributed by atoms with Crippen LogP contribution in [-0.2, 0) is 15.2 Å². The molecular formula is C17H15NO2. The molecule has 1 unspecified atom stereocenters. The van der Waals surface area contributed by atoms with Gasteiger partial charge < -0.3 is 9.57 Å². The smallest absolute Gasteiger partial charge is 0.160 e. The highest BCUT2D eigenvalue weighted by Crippen LogP contribution is 2.44. The molecule has 0 amide bonds. The average molecular weight is 265 g/mol. The lowest BCUT2D eigenvalue weighted by Crippen LogP contribution is -2.35. The van der Waals surface area contributed by atoms with Crippen molar-refractivity contribution in [2.24, 2.45) is 11.1 Å². The maximum atomic E-state index is 6.27. The Hall–Kier alpha value is -2.13. The standard InChI is InChI=1S/C17H15NO2/c1-3-7-14(8-4-1)17(15-9-5-2-6-10-15)16-13(11-19-17)12-20-18-16/h1-10,13H,11-12H2. The fourth-order valence-electron chi connectivity index (χ4n) is 3.10. The van der Waals surface area contributed by atoms with Crippen molar-refractivity contribution in [3.63, 3.8) is 0 Å². The first-order valence-corrected chi connectivity index (χ1v) is 6.86. The molecule has 3 nitrogen and oxygen atoms in total. The van der Waals surface area contributed by atoms with Gasteiger partial charge in [-0.05, 0) is 11.1 Å². The summed E-state index contributed by atoms with van der Waals surface area (Å²) in [6.45, 7) is 1.28. The van der Waals surface area contributed by atoms with E-state index < -0.39 is 5.60 Å². The number of ether oxygens (including phenoxy) is 1. The Kier molecular flexibility index (Phi) is 2.60. The van der Waals surface area contributed by atoms with Gasteiger partial charge in [0.1, 0.15) is 12.3 Å². The molecule has 0 spiro atoms. The zero-order chi connectivity index (χ0) is 13.4. The van der Waals surface area contributed by atoms with Crippen molar-refractivity contribution in [1.82, 2.24) is 0 Å². The van der Waals surface area contributed by atoms with Gasteiger partial charge in [-0.2, -0.15) is 0 Å². The topological polar surface area (TPSA) is 30.8 Å². The molecule has 2 aliphatic heterocycles. The quantitative estimate of drug-likeness (QED) is 0.835. The van der Waals surface area contributed by atoms with Crippen LogP contribution in [0, 0.1) is 5.92 Å². The maximum Gasteiger partial charge on any atom is 0.160 e.